The normalized spacial score (nSPS) is 15.9. The number of rotatable bonds is 5. The molecule has 0 aliphatic carbocycles. The molecule has 0 amide bonds. The molecule has 0 saturated carbocycles. The fourth-order valence-electron chi connectivity index (χ4n) is 2.47. The molecule has 3 rings (SSSR count). The van der Waals surface area contributed by atoms with Gasteiger partial charge in [-0.3, -0.25) is 4.90 Å². The molecule has 0 radical (unpaired) electrons. The lowest BCUT2D eigenvalue weighted by molar-refractivity contribution is 0.0321. The van der Waals surface area contributed by atoms with Crippen LogP contribution in [-0.2, 0) is 4.74 Å². The maximum Gasteiger partial charge on any atom is 0.163 e. The van der Waals surface area contributed by atoms with E-state index in [1.54, 1.807) is 7.11 Å². The molecule has 7 nitrogen and oxygen atoms in total. The van der Waals surface area contributed by atoms with E-state index in [1.165, 1.54) is 6.33 Å². The van der Waals surface area contributed by atoms with Crippen LogP contribution in [0.25, 0.3) is 10.9 Å². The highest BCUT2D eigenvalue weighted by Gasteiger charge is 2.13. The van der Waals surface area contributed by atoms with Gasteiger partial charge in [0.25, 0.3) is 0 Å². The second-order valence-electron chi connectivity index (χ2n) is 5.08. The zero-order chi connectivity index (χ0) is 15.4. The van der Waals surface area contributed by atoms with Crippen molar-refractivity contribution in [1.29, 1.82) is 0 Å². The van der Waals surface area contributed by atoms with Crippen molar-refractivity contribution >= 4 is 16.7 Å². The van der Waals surface area contributed by atoms with Crippen molar-refractivity contribution in [2.45, 2.75) is 0 Å². The lowest BCUT2D eigenvalue weighted by Gasteiger charge is -2.26. The van der Waals surface area contributed by atoms with Gasteiger partial charge >= 0.3 is 0 Å². The molecule has 2 heterocycles. The minimum Gasteiger partial charge on any atom is -0.493 e. The molecule has 7 heteroatoms. The minimum atomic E-state index is 0.433. The monoisotopic (exact) mass is 304 g/mol. The molecule has 1 saturated heterocycles. The Bertz CT molecular complexity index is 644. The molecular formula is C15H20N4O3. The number of nitrogens with two attached hydrogens (primary N) is 1. The SMILES string of the molecule is COc1cc2c(N)ncnc2cc1OCCN1CCOCC1. The quantitative estimate of drug-likeness (QED) is 0.880. The van der Waals surface area contributed by atoms with Gasteiger partial charge in [0.05, 0.1) is 25.8 Å². The van der Waals surface area contributed by atoms with E-state index in [-0.39, 0.29) is 0 Å². The zero-order valence-corrected chi connectivity index (χ0v) is 12.6. The molecule has 0 unspecified atom stereocenters. The van der Waals surface area contributed by atoms with E-state index in [9.17, 15) is 0 Å². The van der Waals surface area contributed by atoms with Gasteiger partial charge in [-0.2, -0.15) is 0 Å². The molecular weight excluding hydrogens is 284 g/mol. The van der Waals surface area contributed by atoms with Crippen LogP contribution in [0, 0.1) is 0 Å². The summed E-state index contributed by atoms with van der Waals surface area (Å²) in [4.78, 5) is 10.5. The van der Waals surface area contributed by atoms with Gasteiger partial charge in [0.2, 0.25) is 0 Å². The first-order valence-corrected chi connectivity index (χ1v) is 7.29. The first-order chi connectivity index (χ1) is 10.8. The Kier molecular flexibility index (Phi) is 4.55. The molecule has 22 heavy (non-hydrogen) atoms. The number of ether oxygens (including phenoxy) is 3. The zero-order valence-electron chi connectivity index (χ0n) is 12.6. The van der Waals surface area contributed by atoms with E-state index in [0.29, 0.717) is 23.9 Å². The van der Waals surface area contributed by atoms with Crippen LogP contribution in [0.1, 0.15) is 0 Å². The fraction of sp³-hybridized carbons (Fsp3) is 0.467. The van der Waals surface area contributed by atoms with Crippen molar-refractivity contribution < 1.29 is 14.2 Å². The second-order valence-corrected chi connectivity index (χ2v) is 5.08. The Hall–Kier alpha value is -2.12. The number of hydrogen-bond acceptors (Lipinski definition) is 7. The number of anilines is 1. The van der Waals surface area contributed by atoms with E-state index >= 15 is 0 Å². The summed E-state index contributed by atoms with van der Waals surface area (Å²) >= 11 is 0. The van der Waals surface area contributed by atoms with Crippen LogP contribution in [-0.4, -0.2) is 61.4 Å². The van der Waals surface area contributed by atoms with Crippen LogP contribution in [0.3, 0.4) is 0 Å². The van der Waals surface area contributed by atoms with E-state index < -0.39 is 0 Å². The molecule has 1 aromatic heterocycles. The van der Waals surface area contributed by atoms with Crippen LogP contribution in [0.4, 0.5) is 5.82 Å². The van der Waals surface area contributed by atoms with Gasteiger partial charge in [-0.15, -0.1) is 0 Å². The summed E-state index contributed by atoms with van der Waals surface area (Å²) in [7, 11) is 1.61. The average molecular weight is 304 g/mol. The lowest BCUT2D eigenvalue weighted by atomic mass is 10.2. The van der Waals surface area contributed by atoms with Crippen LogP contribution in [0.2, 0.25) is 0 Å². The maximum absolute atomic E-state index is 5.87. The molecule has 2 aromatic rings. The van der Waals surface area contributed by atoms with Gasteiger partial charge in [-0.25, -0.2) is 9.97 Å². The number of nitrogens with zero attached hydrogens (tertiary/aromatic N) is 3. The molecule has 2 N–H and O–H groups in total. The van der Waals surface area contributed by atoms with Crippen molar-refractivity contribution in [2.75, 3.05) is 52.3 Å². The van der Waals surface area contributed by atoms with Gasteiger partial charge in [0.1, 0.15) is 18.8 Å². The Morgan fingerprint density at radius 3 is 2.82 bits per heavy atom. The summed E-state index contributed by atoms with van der Waals surface area (Å²) in [6.45, 7) is 4.91. The van der Waals surface area contributed by atoms with Crippen LogP contribution >= 0.6 is 0 Å². The van der Waals surface area contributed by atoms with Gasteiger partial charge in [0, 0.05) is 31.1 Å². The Morgan fingerprint density at radius 2 is 2.05 bits per heavy atom. The van der Waals surface area contributed by atoms with Crippen molar-refractivity contribution in [3.63, 3.8) is 0 Å². The second kappa shape index (κ2) is 6.76. The number of hydrogen-bond donors (Lipinski definition) is 1. The van der Waals surface area contributed by atoms with Crippen LogP contribution < -0.4 is 15.2 Å². The van der Waals surface area contributed by atoms with Crippen molar-refractivity contribution in [3.05, 3.63) is 18.5 Å². The predicted octanol–water partition coefficient (Wildman–Crippen LogP) is 0.932. The highest BCUT2D eigenvalue weighted by molar-refractivity contribution is 5.90. The topological polar surface area (TPSA) is 82.7 Å². The van der Waals surface area contributed by atoms with Crippen LogP contribution in [0.5, 0.6) is 11.5 Å². The van der Waals surface area contributed by atoms with Crippen molar-refractivity contribution in [1.82, 2.24) is 14.9 Å². The molecule has 0 spiro atoms. The largest absolute Gasteiger partial charge is 0.493 e. The third-order valence-electron chi connectivity index (χ3n) is 3.72. The summed E-state index contributed by atoms with van der Waals surface area (Å²) in [6.07, 6.45) is 1.45. The minimum absolute atomic E-state index is 0.433. The van der Waals surface area contributed by atoms with E-state index in [0.717, 1.165) is 43.8 Å². The maximum atomic E-state index is 5.87. The predicted molar refractivity (Wildman–Crippen MR) is 83.3 cm³/mol. The molecule has 118 valence electrons. The van der Waals surface area contributed by atoms with Gasteiger partial charge in [0.15, 0.2) is 11.5 Å². The van der Waals surface area contributed by atoms with Gasteiger partial charge < -0.3 is 19.9 Å². The van der Waals surface area contributed by atoms with Crippen molar-refractivity contribution in [3.8, 4) is 11.5 Å². The first kappa shape index (κ1) is 14.8. The van der Waals surface area contributed by atoms with Crippen LogP contribution in [0.15, 0.2) is 18.5 Å². The summed E-state index contributed by atoms with van der Waals surface area (Å²) in [5.74, 6) is 1.74. The van der Waals surface area contributed by atoms with E-state index in [4.69, 9.17) is 19.9 Å². The molecule has 0 bridgehead atoms. The molecule has 1 aliphatic rings. The molecule has 1 aromatic carbocycles. The number of fused-ring (bicyclic) bond motifs is 1. The molecule has 0 atom stereocenters. The third kappa shape index (κ3) is 3.20. The van der Waals surface area contributed by atoms with Crippen molar-refractivity contribution in [2.24, 2.45) is 0 Å². The number of benzene rings is 1. The molecule has 1 fully saturated rings. The summed E-state index contributed by atoms with van der Waals surface area (Å²) in [5, 5.41) is 0.764. The third-order valence-corrected chi connectivity index (χ3v) is 3.72. The number of aromatic nitrogens is 2. The lowest BCUT2D eigenvalue weighted by Crippen LogP contribution is -2.38. The van der Waals surface area contributed by atoms with E-state index in [2.05, 4.69) is 14.9 Å². The number of morpholine rings is 1. The Balaban J connectivity index is 1.72. The summed E-state index contributed by atoms with van der Waals surface area (Å²) in [6, 6.07) is 3.65. The molecule has 1 aliphatic heterocycles. The highest BCUT2D eigenvalue weighted by atomic mass is 16.5. The van der Waals surface area contributed by atoms with E-state index in [1.807, 2.05) is 12.1 Å². The average Bonchev–Trinajstić information content (AvgIpc) is 2.55. The summed E-state index contributed by atoms with van der Waals surface area (Å²) in [5.41, 5.74) is 6.61. The number of nitrogen functional groups attached to an aromatic ring is 1. The Labute approximate surface area is 129 Å². The first-order valence-electron chi connectivity index (χ1n) is 7.29. The highest BCUT2D eigenvalue weighted by Crippen LogP contribution is 2.33. The standard InChI is InChI=1S/C15H20N4O3/c1-20-13-8-11-12(17-10-18-15(11)16)9-14(13)22-7-4-19-2-5-21-6-3-19/h8-10H,2-7H2,1H3,(H2,16,17,18). The smallest absolute Gasteiger partial charge is 0.163 e. The number of methoxy groups -OCH3 is 1. The summed E-state index contributed by atoms with van der Waals surface area (Å²) < 4.78 is 16.6. The van der Waals surface area contributed by atoms with Gasteiger partial charge in [-0.05, 0) is 6.07 Å². The van der Waals surface area contributed by atoms with Gasteiger partial charge in [-0.1, -0.05) is 0 Å². The fourth-order valence-corrected chi connectivity index (χ4v) is 2.47. The Morgan fingerprint density at radius 1 is 1.23 bits per heavy atom.